The van der Waals surface area contributed by atoms with Crippen LogP contribution in [0, 0.1) is 0 Å². The highest BCUT2D eigenvalue weighted by Gasteiger charge is 2.35. The fourth-order valence-electron chi connectivity index (χ4n) is 3.53. The summed E-state index contributed by atoms with van der Waals surface area (Å²) in [4.78, 5) is 18.1. The zero-order valence-electron chi connectivity index (χ0n) is 11.9. The van der Waals surface area contributed by atoms with Crippen molar-refractivity contribution < 1.29 is 4.79 Å². The maximum Gasteiger partial charge on any atom is 0.209 e. The van der Waals surface area contributed by atoms with E-state index < -0.39 is 0 Å². The summed E-state index contributed by atoms with van der Waals surface area (Å²) < 4.78 is 0. The van der Waals surface area contributed by atoms with Crippen molar-refractivity contribution >= 4 is 12.1 Å². The fourth-order valence-corrected chi connectivity index (χ4v) is 3.53. The fraction of sp³-hybridized carbons (Fsp3) is 0.533. The van der Waals surface area contributed by atoms with Crippen LogP contribution in [0.3, 0.4) is 0 Å². The molecule has 3 rings (SSSR count). The lowest BCUT2D eigenvalue weighted by Crippen LogP contribution is -2.36. The zero-order valence-corrected chi connectivity index (χ0v) is 11.9. The van der Waals surface area contributed by atoms with Gasteiger partial charge in [-0.05, 0) is 36.9 Å². The highest BCUT2D eigenvalue weighted by molar-refractivity contribution is 5.47. The molecule has 1 amide bonds. The van der Waals surface area contributed by atoms with Gasteiger partial charge in [0.05, 0.1) is 0 Å². The van der Waals surface area contributed by atoms with Crippen LogP contribution in [0.4, 0.5) is 5.69 Å². The SMILES string of the molecule is [N-]=[N+]=Nc1ccc(C2CCCN2C2CCN(C=O)C2)cc1. The monoisotopic (exact) mass is 285 g/mol. The Morgan fingerprint density at radius 2 is 2.05 bits per heavy atom. The molecule has 0 aromatic heterocycles. The predicted molar refractivity (Wildman–Crippen MR) is 80.0 cm³/mol. The second-order valence-corrected chi connectivity index (χ2v) is 5.72. The topological polar surface area (TPSA) is 72.3 Å². The lowest BCUT2D eigenvalue weighted by Gasteiger charge is -2.30. The minimum absolute atomic E-state index is 0.418. The first-order valence-corrected chi connectivity index (χ1v) is 7.42. The molecule has 2 fully saturated rings. The van der Waals surface area contributed by atoms with Gasteiger partial charge in [-0.3, -0.25) is 9.69 Å². The van der Waals surface area contributed by atoms with Crippen molar-refractivity contribution in [2.75, 3.05) is 19.6 Å². The lowest BCUT2D eigenvalue weighted by molar-refractivity contribution is -0.117. The Hall–Kier alpha value is -2.04. The summed E-state index contributed by atoms with van der Waals surface area (Å²) in [6.45, 7) is 2.81. The second-order valence-electron chi connectivity index (χ2n) is 5.72. The summed E-state index contributed by atoms with van der Waals surface area (Å²) in [5, 5.41) is 3.61. The minimum atomic E-state index is 0.418. The maximum absolute atomic E-state index is 10.9. The predicted octanol–water partition coefficient (Wildman–Crippen LogP) is 3.00. The van der Waals surface area contributed by atoms with Crippen molar-refractivity contribution in [3.63, 3.8) is 0 Å². The summed E-state index contributed by atoms with van der Waals surface area (Å²) in [5.74, 6) is 0. The molecule has 0 spiro atoms. The zero-order chi connectivity index (χ0) is 14.7. The van der Waals surface area contributed by atoms with Crippen molar-refractivity contribution in [2.24, 2.45) is 5.11 Å². The van der Waals surface area contributed by atoms with Crippen molar-refractivity contribution in [2.45, 2.75) is 31.3 Å². The molecule has 2 saturated heterocycles. The number of hydrogen-bond donors (Lipinski definition) is 0. The van der Waals surface area contributed by atoms with Crippen LogP contribution in [0.5, 0.6) is 0 Å². The van der Waals surface area contributed by atoms with Crippen LogP contribution in [0.1, 0.15) is 30.9 Å². The number of azide groups is 1. The van der Waals surface area contributed by atoms with Crippen molar-refractivity contribution in [3.8, 4) is 0 Å². The van der Waals surface area contributed by atoms with Gasteiger partial charge in [0.25, 0.3) is 0 Å². The van der Waals surface area contributed by atoms with Crippen LogP contribution in [0.2, 0.25) is 0 Å². The van der Waals surface area contributed by atoms with E-state index in [1.807, 2.05) is 17.0 Å². The molecule has 2 aliphatic rings. The second kappa shape index (κ2) is 6.16. The van der Waals surface area contributed by atoms with Gasteiger partial charge in [-0.25, -0.2) is 0 Å². The molecule has 1 aromatic rings. The molecule has 0 radical (unpaired) electrons. The van der Waals surface area contributed by atoms with Gasteiger partial charge in [0, 0.05) is 35.8 Å². The normalized spacial score (nSPS) is 25.8. The molecule has 0 saturated carbocycles. The number of nitrogens with zero attached hydrogens (tertiary/aromatic N) is 5. The van der Waals surface area contributed by atoms with E-state index in [-0.39, 0.29) is 0 Å². The third kappa shape index (κ3) is 2.86. The van der Waals surface area contributed by atoms with Crippen molar-refractivity contribution in [3.05, 3.63) is 40.3 Å². The Morgan fingerprint density at radius 3 is 2.71 bits per heavy atom. The lowest BCUT2D eigenvalue weighted by atomic mass is 10.0. The summed E-state index contributed by atoms with van der Waals surface area (Å²) in [5.41, 5.74) is 10.4. The quantitative estimate of drug-likeness (QED) is 0.369. The Labute approximate surface area is 124 Å². The van der Waals surface area contributed by atoms with E-state index in [4.69, 9.17) is 5.53 Å². The number of hydrogen-bond acceptors (Lipinski definition) is 3. The molecule has 0 bridgehead atoms. The van der Waals surface area contributed by atoms with Gasteiger partial charge in [0.1, 0.15) is 0 Å². The number of amides is 1. The van der Waals surface area contributed by atoms with Crippen LogP contribution in [0.15, 0.2) is 29.4 Å². The smallest absolute Gasteiger partial charge is 0.209 e. The van der Waals surface area contributed by atoms with Gasteiger partial charge in [0.15, 0.2) is 0 Å². The molecule has 2 aliphatic heterocycles. The first-order chi connectivity index (χ1) is 10.3. The Morgan fingerprint density at radius 1 is 1.24 bits per heavy atom. The van der Waals surface area contributed by atoms with Gasteiger partial charge in [-0.2, -0.15) is 0 Å². The number of benzene rings is 1. The molecule has 21 heavy (non-hydrogen) atoms. The van der Waals surface area contributed by atoms with Crippen LogP contribution in [-0.2, 0) is 4.79 Å². The van der Waals surface area contributed by atoms with Crippen LogP contribution < -0.4 is 0 Å². The van der Waals surface area contributed by atoms with Crippen LogP contribution in [0.25, 0.3) is 10.4 Å². The molecule has 6 heteroatoms. The van der Waals surface area contributed by atoms with Crippen molar-refractivity contribution in [1.29, 1.82) is 0 Å². The third-order valence-electron chi connectivity index (χ3n) is 4.55. The van der Waals surface area contributed by atoms with Crippen LogP contribution >= 0.6 is 0 Å². The summed E-state index contributed by atoms with van der Waals surface area (Å²) >= 11 is 0. The standard InChI is InChI=1S/C15H19N5O/c16-18-17-13-5-3-12(4-6-13)15-2-1-8-20(15)14-7-9-19(10-14)11-21/h3-6,11,14-15H,1-2,7-10H2. The summed E-state index contributed by atoms with van der Waals surface area (Å²) in [7, 11) is 0. The van der Waals surface area contributed by atoms with E-state index in [1.54, 1.807) is 0 Å². The van der Waals surface area contributed by atoms with Gasteiger partial charge in [-0.15, -0.1) is 0 Å². The largest absolute Gasteiger partial charge is 0.344 e. The molecule has 0 aliphatic carbocycles. The molecular formula is C15H19N5O. The molecule has 2 atom stereocenters. The Bertz CT molecular complexity index is 552. The van der Waals surface area contributed by atoms with Gasteiger partial charge >= 0.3 is 0 Å². The minimum Gasteiger partial charge on any atom is -0.344 e. The molecule has 0 N–H and O–H groups in total. The molecule has 110 valence electrons. The average Bonchev–Trinajstić information content (AvgIpc) is 3.17. The molecular weight excluding hydrogens is 266 g/mol. The highest BCUT2D eigenvalue weighted by atomic mass is 16.1. The van der Waals surface area contributed by atoms with E-state index in [2.05, 4.69) is 27.1 Å². The first-order valence-electron chi connectivity index (χ1n) is 7.42. The summed E-state index contributed by atoms with van der Waals surface area (Å²) in [6, 6.07) is 8.75. The molecule has 2 unspecified atom stereocenters. The number of carbonyl (C=O) groups excluding carboxylic acids is 1. The van der Waals surface area contributed by atoms with E-state index >= 15 is 0 Å². The maximum atomic E-state index is 10.9. The van der Waals surface area contributed by atoms with E-state index in [9.17, 15) is 4.79 Å². The van der Waals surface area contributed by atoms with E-state index in [0.29, 0.717) is 17.8 Å². The number of likely N-dealkylation sites (tertiary alicyclic amines) is 2. The molecule has 1 aromatic carbocycles. The highest BCUT2D eigenvalue weighted by Crippen LogP contribution is 2.36. The molecule has 6 nitrogen and oxygen atoms in total. The average molecular weight is 285 g/mol. The van der Waals surface area contributed by atoms with E-state index in [0.717, 1.165) is 38.9 Å². The number of carbonyl (C=O) groups is 1. The third-order valence-corrected chi connectivity index (χ3v) is 4.55. The number of rotatable bonds is 4. The van der Waals surface area contributed by atoms with Crippen molar-refractivity contribution in [1.82, 2.24) is 9.80 Å². The Balaban J connectivity index is 1.74. The van der Waals surface area contributed by atoms with Crippen LogP contribution in [-0.4, -0.2) is 41.9 Å². The Kier molecular flexibility index (Phi) is 4.08. The molecule has 2 heterocycles. The van der Waals surface area contributed by atoms with Gasteiger partial charge in [0.2, 0.25) is 6.41 Å². The first kappa shape index (κ1) is 13.9. The van der Waals surface area contributed by atoms with E-state index in [1.165, 1.54) is 12.0 Å². The van der Waals surface area contributed by atoms with Gasteiger partial charge < -0.3 is 4.90 Å². The van der Waals surface area contributed by atoms with Gasteiger partial charge in [-0.1, -0.05) is 29.4 Å². The summed E-state index contributed by atoms with van der Waals surface area (Å²) in [6.07, 6.45) is 4.37.